The number of amides is 2. The zero-order valence-corrected chi connectivity index (χ0v) is 12.2. The molecule has 108 valence electrons. The lowest BCUT2D eigenvalue weighted by Gasteiger charge is -2.30. The van der Waals surface area contributed by atoms with Crippen molar-refractivity contribution in [3.8, 4) is 0 Å². The Bertz CT molecular complexity index is 538. The number of hydrogen-bond donors (Lipinski definition) is 2. The van der Waals surface area contributed by atoms with E-state index in [4.69, 9.17) is 5.11 Å². The topological polar surface area (TPSA) is 69.6 Å². The van der Waals surface area contributed by atoms with Crippen molar-refractivity contribution < 1.29 is 19.1 Å². The summed E-state index contributed by atoms with van der Waals surface area (Å²) in [4.78, 5) is 24.4. The number of urea groups is 1. The molecule has 0 unspecified atom stereocenters. The summed E-state index contributed by atoms with van der Waals surface area (Å²) in [7, 11) is 0. The number of carbonyl (C=O) groups is 2. The van der Waals surface area contributed by atoms with E-state index in [2.05, 4.69) is 21.2 Å². The number of aliphatic carboxylic acids is 1. The van der Waals surface area contributed by atoms with Gasteiger partial charge < -0.3 is 15.3 Å². The van der Waals surface area contributed by atoms with Crippen LogP contribution in [0.25, 0.3) is 0 Å². The first-order valence-corrected chi connectivity index (χ1v) is 7.00. The van der Waals surface area contributed by atoms with E-state index in [0.29, 0.717) is 29.5 Å². The van der Waals surface area contributed by atoms with Gasteiger partial charge in [-0.3, -0.25) is 4.79 Å². The maximum atomic E-state index is 13.4. The second-order valence-corrected chi connectivity index (χ2v) is 5.54. The number of carboxylic acids is 1. The van der Waals surface area contributed by atoms with Gasteiger partial charge in [-0.15, -0.1) is 0 Å². The molecule has 20 heavy (non-hydrogen) atoms. The minimum Gasteiger partial charge on any atom is -0.481 e. The minimum absolute atomic E-state index is 0.181. The summed E-state index contributed by atoms with van der Waals surface area (Å²) in [5.74, 6) is -1.89. The lowest BCUT2D eigenvalue weighted by atomic mass is 9.99. The molecule has 1 aromatic rings. The predicted octanol–water partition coefficient (Wildman–Crippen LogP) is 2.92. The van der Waals surface area contributed by atoms with Crippen LogP contribution in [0.15, 0.2) is 22.7 Å². The van der Waals surface area contributed by atoms with Gasteiger partial charge in [0.25, 0.3) is 0 Å². The summed E-state index contributed by atoms with van der Waals surface area (Å²) in [6.45, 7) is 0.689. The van der Waals surface area contributed by atoms with Crippen LogP contribution in [0.4, 0.5) is 14.9 Å². The Hall–Kier alpha value is -1.63. The Morgan fingerprint density at radius 2 is 2.20 bits per heavy atom. The van der Waals surface area contributed by atoms with Gasteiger partial charge in [0.1, 0.15) is 5.82 Å². The van der Waals surface area contributed by atoms with Crippen LogP contribution in [0.2, 0.25) is 0 Å². The molecule has 1 atom stereocenters. The van der Waals surface area contributed by atoms with E-state index in [0.717, 1.165) is 0 Å². The van der Waals surface area contributed by atoms with Crippen molar-refractivity contribution in [3.63, 3.8) is 0 Å². The van der Waals surface area contributed by atoms with Crippen molar-refractivity contribution in [1.29, 1.82) is 0 Å². The Labute approximate surface area is 123 Å². The largest absolute Gasteiger partial charge is 0.481 e. The van der Waals surface area contributed by atoms with Crippen LogP contribution in [-0.2, 0) is 4.79 Å². The Morgan fingerprint density at radius 1 is 1.45 bits per heavy atom. The summed E-state index contributed by atoms with van der Waals surface area (Å²) < 4.78 is 13.7. The lowest BCUT2D eigenvalue weighted by Crippen LogP contribution is -2.44. The van der Waals surface area contributed by atoms with E-state index in [1.54, 1.807) is 6.07 Å². The highest BCUT2D eigenvalue weighted by Gasteiger charge is 2.28. The number of hydrogen-bond acceptors (Lipinski definition) is 2. The number of halogens is 2. The molecule has 1 aliphatic rings. The van der Waals surface area contributed by atoms with Crippen LogP contribution < -0.4 is 5.32 Å². The molecule has 0 bridgehead atoms. The Morgan fingerprint density at radius 3 is 2.85 bits per heavy atom. The van der Waals surface area contributed by atoms with Gasteiger partial charge in [-0.2, -0.15) is 0 Å². The number of rotatable bonds is 2. The Kier molecular flexibility index (Phi) is 4.59. The van der Waals surface area contributed by atoms with Crippen LogP contribution in [0.3, 0.4) is 0 Å². The van der Waals surface area contributed by atoms with Crippen molar-refractivity contribution in [2.45, 2.75) is 12.8 Å². The monoisotopic (exact) mass is 344 g/mol. The van der Waals surface area contributed by atoms with E-state index in [-0.39, 0.29) is 6.54 Å². The fourth-order valence-electron chi connectivity index (χ4n) is 2.14. The number of carboxylic acid groups (broad SMARTS) is 1. The van der Waals surface area contributed by atoms with E-state index < -0.39 is 23.7 Å². The quantitative estimate of drug-likeness (QED) is 0.866. The number of benzene rings is 1. The van der Waals surface area contributed by atoms with Crippen LogP contribution in [0.5, 0.6) is 0 Å². The number of piperidine rings is 1. The second kappa shape index (κ2) is 6.21. The average Bonchev–Trinajstić information content (AvgIpc) is 2.43. The zero-order valence-electron chi connectivity index (χ0n) is 10.6. The first-order valence-electron chi connectivity index (χ1n) is 6.21. The molecule has 2 N–H and O–H groups in total. The van der Waals surface area contributed by atoms with E-state index >= 15 is 0 Å². The molecule has 2 amide bonds. The standard InChI is InChI=1S/C13H14BrFN2O3/c14-10-4-3-9(6-11(10)15)16-13(20)17-5-1-2-8(7-17)12(18)19/h3-4,6,8H,1-2,5,7H2,(H,16,20)(H,18,19)/t8-/m0/s1. The van der Waals surface area contributed by atoms with Crippen molar-refractivity contribution in [3.05, 3.63) is 28.5 Å². The van der Waals surface area contributed by atoms with Crippen LogP contribution >= 0.6 is 15.9 Å². The lowest BCUT2D eigenvalue weighted by molar-refractivity contribution is -0.143. The van der Waals surface area contributed by atoms with E-state index in [1.807, 2.05) is 0 Å². The highest BCUT2D eigenvalue weighted by molar-refractivity contribution is 9.10. The molecule has 7 heteroatoms. The van der Waals surface area contributed by atoms with Gasteiger partial charge in [-0.05, 0) is 47.0 Å². The molecule has 2 rings (SSSR count). The van der Waals surface area contributed by atoms with Gasteiger partial charge in [0.05, 0.1) is 10.4 Å². The fraction of sp³-hybridized carbons (Fsp3) is 0.385. The summed E-state index contributed by atoms with van der Waals surface area (Å²) in [5, 5.41) is 11.6. The van der Waals surface area contributed by atoms with Gasteiger partial charge in [0, 0.05) is 18.8 Å². The van der Waals surface area contributed by atoms with Crippen molar-refractivity contribution >= 4 is 33.6 Å². The van der Waals surface area contributed by atoms with Gasteiger partial charge in [-0.25, -0.2) is 9.18 Å². The van der Waals surface area contributed by atoms with E-state index in [9.17, 15) is 14.0 Å². The van der Waals surface area contributed by atoms with Gasteiger partial charge in [0.2, 0.25) is 0 Å². The third-order valence-corrected chi connectivity index (χ3v) is 3.87. The number of likely N-dealkylation sites (tertiary alicyclic amines) is 1. The van der Waals surface area contributed by atoms with Gasteiger partial charge in [0.15, 0.2) is 0 Å². The molecule has 1 saturated heterocycles. The number of anilines is 1. The molecule has 1 fully saturated rings. The second-order valence-electron chi connectivity index (χ2n) is 4.68. The molecule has 1 heterocycles. The smallest absolute Gasteiger partial charge is 0.321 e. The first kappa shape index (κ1) is 14.8. The average molecular weight is 345 g/mol. The maximum absolute atomic E-state index is 13.4. The molecular formula is C13H14BrFN2O3. The third kappa shape index (κ3) is 3.47. The molecule has 1 aliphatic heterocycles. The summed E-state index contributed by atoms with van der Waals surface area (Å²) >= 11 is 3.03. The SMILES string of the molecule is O=C(O)[C@H]1CCCN(C(=O)Nc2ccc(Br)c(F)c2)C1. The first-order chi connectivity index (χ1) is 9.47. The molecule has 1 aromatic carbocycles. The summed E-state index contributed by atoms with van der Waals surface area (Å²) in [6, 6.07) is 3.88. The van der Waals surface area contributed by atoms with Crippen LogP contribution in [0.1, 0.15) is 12.8 Å². The van der Waals surface area contributed by atoms with Crippen molar-refractivity contribution in [1.82, 2.24) is 4.90 Å². The number of carbonyl (C=O) groups excluding carboxylic acids is 1. The summed E-state index contributed by atoms with van der Waals surface area (Å²) in [6.07, 6.45) is 1.23. The highest BCUT2D eigenvalue weighted by atomic mass is 79.9. The van der Waals surface area contributed by atoms with Gasteiger partial charge >= 0.3 is 12.0 Å². The molecular weight excluding hydrogens is 331 g/mol. The number of nitrogens with zero attached hydrogens (tertiary/aromatic N) is 1. The van der Waals surface area contributed by atoms with Gasteiger partial charge in [-0.1, -0.05) is 0 Å². The predicted molar refractivity (Wildman–Crippen MR) is 75.1 cm³/mol. The fourth-order valence-corrected chi connectivity index (χ4v) is 2.39. The zero-order chi connectivity index (χ0) is 14.7. The third-order valence-electron chi connectivity index (χ3n) is 3.23. The normalized spacial score (nSPS) is 18.7. The van der Waals surface area contributed by atoms with Crippen molar-refractivity contribution in [2.24, 2.45) is 5.92 Å². The van der Waals surface area contributed by atoms with E-state index in [1.165, 1.54) is 17.0 Å². The highest BCUT2D eigenvalue weighted by Crippen LogP contribution is 2.21. The molecule has 0 radical (unpaired) electrons. The maximum Gasteiger partial charge on any atom is 0.321 e. The van der Waals surface area contributed by atoms with Crippen LogP contribution in [0, 0.1) is 11.7 Å². The molecule has 5 nitrogen and oxygen atoms in total. The molecule has 0 spiro atoms. The molecule has 0 aliphatic carbocycles. The number of nitrogens with one attached hydrogen (secondary N) is 1. The molecule has 0 saturated carbocycles. The summed E-state index contributed by atoms with van der Waals surface area (Å²) in [5.41, 5.74) is 0.341. The minimum atomic E-state index is -0.891. The van der Waals surface area contributed by atoms with Crippen LogP contribution in [-0.4, -0.2) is 35.1 Å². The Balaban J connectivity index is 2.00. The molecule has 0 aromatic heterocycles. The van der Waals surface area contributed by atoms with Crippen molar-refractivity contribution in [2.75, 3.05) is 18.4 Å².